The van der Waals surface area contributed by atoms with Crippen molar-refractivity contribution < 1.29 is 4.42 Å². The number of rotatable bonds is 4. The van der Waals surface area contributed by atoms with Gasteiger partial charge in [-0.2, -0.15) is 0 Å². The first-order valence-electron chi connectivity index (χ1n) is 5.91. The molecule has 0 radical (unpaired) electrons. The quantitative estimate of drug-likeness (QED) is 0.877. The first-order valence-corrected chi connectivity index (χ1v) is 5.91. The van der Waals surface area contributed by atoms with Crippen LogP contribution >= 0.6 is 0 Å². The van der Waals surface area contributed by atoms with E-state index in [9.17, 15) is 0 Å². The molecule has 1 unspecified atom stereocenters. The first-order chi connectivity index (χ1) is 8.22. The zero-order chi connectivity index (χ0) is 12.3. The summed E-state index contributed by atoms with van der Waals surface area (Å²) in [6, 6.07) is 4.22. The van der Waals surface area contributed by atoms with Crippen molar-refractivity contribution >= 4 is 0 Å². The summed E-state index contributed by atoms with van der Waals surface area (Å²) in [5.74, 6) is 0.972. The van der Waals surface area contributed by atoms with Gasteiger partial charge in [-0.25, -0.2) is 0 Å². The molecule has 0 saturated heterocycles. The molecule has 2 aromatic heterocycles. The average Bonchev–Trinajstić information content (AvgIpc) is 2.72. The van der Waals surface area contributed by atoms with Crippen LogP contribution < -0.4 is 5.32 Å². The molecule has 1 atom stereocenters. The molecule has 2 rings (SSSR count). The molecule has 17 heavy (non-hydrogen) atoms. The number of furan rings is 1. The van der Waals surface area contributed by atoms with Crippen molar-refractivity contribution in [2.75, 3.05) is 6.54 Å². The lowest BCUT2D eigenvalue weighted by Crippen LogP contribution is -2.22. The summed E-state index contributed by atoms with van der Waals surface area (Å²) in [6.45, 7) is 7.09. The minimum atomic E-state index is 0.0856. The number of aromatic nitrogens is 1. The third-order valence-corrected chi connectivity index (χ3v) is 2.80. The number of nitrogens with zero attached hydrogens (tertiary/aromatic N) is 1. The van der Waals surface area contributed by atoms with Gasteiger partial charge >= 0.3 is 0 Å². The zero-order valence-corrected chi connectivity index (χ0v) is 10.5. The molecule has 0 amide bonds. The van der Waals surface area contributed by atoms with E-state index in [1.54, 1.807) is 6.26 Å². The van der Waals surface area contributed by atoms with Crippen LogP contribution in [-0.4, -0.2) is 11.5 Å². The molecule has 0 fully saturated rings. The first kappa shape index (κ1) is 11.9. The van der Waals surface area contributed by atoms with Crippen molar-refractivity contribution in [1.82, 2.24) is 10.3 Å². The number of nitrogens with one attached hydrogen (secondary N) is 1. The Hall–Kier alpha value is -1.61. The molecule has 3 heteroatoms. The normalized spacial score (nSPS) is 12.6. The molecular formula is C14H18N2O. The fraction of sp³-hybridized carbons (Fsp3) is 0.357. The maximum Gasteiger partial charge on any atom is 0.128 e. The average molecular weight is 230 g/mol. The van der Waals surface area contributed by atoms with Crippen molar-refractivity contribution in [3.05, 3.63) is 53.2 Å². The van der Waals surface area contributed by atoms with Crippen molar-refractivity contribution in [2.45, 2.75) is 26.8 Å². The van der Waals surface area contributed by atoms with Gasteiger partial charge in [0.15, 0.2) is 0 Å². The molecule has 0 aromatic carbocycles. The fourth-order valence-corrected chi connectivity index (χ4v) is 1.98. The topological polar surface area (TPSA) is 38.1 Å². The second-order valence-corrected chi connectivity index (χ2v) is 4.25. The Morgan fingerprint density at radius 3 is 2.76 bits per heavy atom. The van der Waals surface area contributed by atoms with E-state index in [1.807, 2.05) is 18.5 Å². The van der Waals surface area contributed by atoms with Crippen molar-refractivity contribution in [2.24, 2.45) is 0 Å². The van der Waals surface area contributed by atoms with Crippen LogP contribution in [0.1, 0.15) is 35.4 Å². The van der Waals surface area contributed by atoms with Gasteiger partial charge in [0.2, 0.25) is 0 Å². The highest BCUT2D eigenvalue weighted by molar-refractivity contribution is 5.30. The molecule has 0 spiro atoms. The molecular weight excluding hydrogens is 212 g/mol. The van der Waals surface area contributed by atoms with E-state index in [1.165, 1.54) is 0 Å². The maximum atomic E-state index is 5.58. The summed E-state index contributed by atoms with van der Waals surface area (Å²) in [6.07, 6.45) is 5.49. The van der Waals surface area contributed by atoms with E-state index in [4.69, 9.17) is 4.42 Å². The van der Waals surface area contributed by atoms with Crippen LogP contribution in [0.5, 0.6) is 0 Å². The Morgan fingerprint density at radius 2 is 2.18 bits per heavy atom. The van der Waals surface area contributed by atoms with Crippen LogP contribution in [0.4, 0.5) is 0 Å². The van der Waals surface area contributed by atoms with Crippen LogP contribution in [0.25, 0.3) is 0 Å². The van der Waals surface area contributed by atoms with E-state index >= 15 is 0 Å². The van der Waals surface area contributed by atoms with Crippen LogP contribution in [0.2, 0.25) is 0 Å². The Balaban J connectivity index is 2.39. The monoisotopic (exact) mass is 230 g/mol. The molecule has 1 N–H and O–H groups in total. The van der Waals surface area contributed by atoms with E-state index in [2.05, 4.69) is 37.1 Å². The predicted octanol–water partition coefficient (Wildman–Crippen LogP) is 2.99. The summed E-state index contributed by atoms with van der Waals surface area (Å²) < 4.78 is 5.58. The van der Waals surface area contributed by atoms with Gasteiger partial charge in [-0.15, -0.1) is 0 Å². The standard InChI is InChI=1S/C14H18N2O/c1-4-16-13(14-11(3)5-6-17-14)12-7-10(2)8-15-9-12/h5-9,13,16H,4H2,1-3H3. The lowest BCUT2D eigenvalue weighted by atomic mass is 10.0. The van der Waals surface area contributed by atoms with Gasteiger partial charge in [-0.05, 0) is 43.1 Å². The number of aryl methyl sites for hydroxylation is 2. The van der Waals surface area contributed by atoms with Crippen LogP contribution in [0.15, 0.2) is 35.2 Å². The second-order valence-electron chi connectivity index (χ2n) is 4.25. The predicted molar refractivity (Wildman–Crippen MR) is 67.9 cm³/mol. The van der Waals surface area contributed by atoms with Crippen molar-refractivity contribution in [1.29, 1.82) is 0 Å². The van der Waals surface area contributed by atoms with Gasteiger partial charge in [0, 0.05) is 12.4 Å². The summed E-state index contributed by atoms with van der Waals surface area (Å²) in [7, 11) is 0. The summed E-state index contributed by atoms with van der Waals surface area (Å²) in [5.41, 5.74) is 3.47. The highest BCUT2D eigenvalue weighted by Gasteiger charge is 2.18. The molecule has 0 aliphatic carbocycles. The zero-order valence-electron chi connectivity index (χ0n) is 10.5. The summed E-state index contributed by atoms with van der Waals surface area (Å²) >= 11 is 0. The summed E-state index contributed by atoms with van der Waals surface area (Å²) in [5, 5.41) is 3.44. The second kappa shape index (κ2) is 5.15. The fourth-order valence-electron chi connectivity index (χ4n) is 1.98. The molecule has 0 aliphatic rings. The third-order valence-electron chi connectivity index (χ3n) is 2.80. The van der Waals surface area contributed by atoms with Gasteiger partial charge in [0.05, 0.1) is 12.3 Å². The molecule has 90 valence electrons. The van der Waals surface area contributed by atoms with Crippen molar-refractivity contribution in [3.63, 3.8) is 0 Å². The Morgan fingerprint density at radius 1 is 1.35 bits per heavy atom. The lowest BCUT2D eigenvalue weighted by molar-refractivity contribution is 0.449. The van der Waals surface area contributed by atoms with E-state index < -0.39 is 0 Å². The number of hydrogen-bond donors (Lipinski definition) is 1. The Kier molecular flexibility index (Phi) is 3.59. The van der Waals surface area contributed by atoms with E-state index in [0.717, 1.165) is 29.0 Å². The van der Waals surface area contributed by atoms with Gasteiger partial charge < -0.3 is 9.73 Å². The van der Waals surface area contributed by atoms with Crippen LogP contribution in [0, 0.1) is 13.8 Å². The summed E-state index contributed by atoms with van der Waals surface area (Å²) in [4.78, 5) is 4.25. The third kappa shape index (κ3) is 2.56. The van der Waals surface area contributed by atoms with Gasteiger partial charge in [0.25, 0.3) is 0 Å². The van der Waals surface area contributed by atoms with Gasteiger partial charge in [-0.3, -0.25) is 4.98 Å². The number of hydrogen-bond acceptors (Lipinski definition) is 3. The van der Waals surface area contributed by atoms with Gasteiger partial charge in [0.1, 0.15) is 5.76 Å². The SMILES string of the molecule is CCNC(c1cncc(C)c1)c1occc1C. The Labute approximate surface area is 102 Å². The van der Waals surface area contributed by atoms with E-state index in [0.29, 0.717) is 0 Å². The molecule has 2 aromatic rings. The lowest BCUT2D eigenvalue weighted by Gasteiger charge is -2.17. The largest absolute Gasteiger partial charge is 0.467 e. The minimum Gasteiger partial charge on any atom is -0.467 e. The molecule has 3 nitrogen and oxygen atoms in total. The van der Waals surface area contributed by atoms with Gasteiger partial charge in [-0.1, -0.05) is 13.0 Å². The highest BCUT2D eigenvalue weighted by atomic mass is 16.3. The maximum absolute atomic E-state index is 5.58. The smallest absolute Gasteiger partial charge is 0.128 e. The van der Waals surface area contributed by atoms with Crippen molar-refractivity contribution in [3.8, 4) is 0 Å². The van der Waals surface area contributed by atoms with Crippen LogP contribution in [-0.2, 0) is 0 Å². The van der Waals surface area contributed by atoms with E-state index in [-0.39, 0.29) is 6.04 Å². The molecule has 2 heterocycles. The van der Waals surface area contributed by atoms with Crippen LogP contribution in [0.3, 0.4) is 0 Å². The molecule has 0 bridgehead atoms. The number of pyridine rings is 1. The minimum absolute atomic E-state index is 0.0856. The molecule has 0 saturated carbocycles. The molecule has 0 aliphatic heterocycles. The highest BCUT2D eigenvalue weighted by Crippen LogP contribution is 2.25. The Bertz CT molecular complexity index is 490.